The minimum atomic E-state index is -3.82. The molecule has 2 aromatic carbocycles. The number of aromatic nitrogens is 1. The summed E-state index contributed by atoms with van der Waals surface area (Å²) in [6.45, 7) is 1.97. The van der Waals surface area contributed by atoms with Crippen LogP contribution in [0.2, 0.25) is 5.02 Å². The van der Waals surface area contributed by atoms with E-state index < -0.39 is 22.0 Å². The predicted molar refractivity (Wildman–Crippen MR) is 133 cm³/mol. The number of para-hydroxylation sites is 1. The Morgan fingerprint density at radius 1 is 1.09 bits per heavy atom. The molecular formula is C24H25ClN4O4S. The quantitative estimate of drug-likeness (QED) is 0.464. The molecule has 3 rings (SSSR count). The Balaban J connectivity index is 1.84. The van der Waals surface area contributed by atoms with E-state index in [0.29, 0.717) is 5.02 Å². The summed E-state index contributed by atoms with van der Waals surface area (Å²) in [5.41, 5.74) is 1.63. The van der Waals surface area contributed by atoms with Crippen molar-refractivity contribution in [1.82, 2.24) is 10.3 Å². The Hall–Kier alpha value is -3.43. The van der Waals surface area contributed by atoms with Gasteiger partial charge < -0.3 is 10.6 Å². The largest absolute Gasteiger partial charge is 0.348 e. The second-order valence-electron chi connectivity index (χ2n) is 7.54. The molecule has 3 aromatic rings. The highest BCUT2D eigenvalue weighted by Gasteiger charge is 2.32. The first-order valence-electron chi connectivity index (χ1n) is 10.5. The van der Waals surface area contributed by atoms with Crippen LogP contribution in [-0.2, 0) is 21.4 Å². The van der Waals surface area contributed by atoms with Crippen LogP contribution in [0.1, 0.15) is 29.3 Å². The second kappa shape index (κ2) is 11.1. The maximum Gasteiger partial charge on any atom is 0.253 e. The molecule has 2 N–H and O–H groups in total. The fourth-order valence-electron chi connectivity index (χ4n) is 3.46. The number of carbonyl (C=O) groups excluding carboxylic acids is 2. The van der Waals surface area contributed by atoms with Crippen molar-refractivity contribution >= 4 is 44.8 Å². The van der Waals surface area contributed by atoms with Crippen molar-refractivity contribution in [3.8, 4) is 0 Å². The zero-order valence-electron chi connectivity index (χ0n) is 18.7. The molecule has 0 saturated carbocycles. The van der Waals surface area contributed by atoms with E-state index in [1.54, 1.807) is 67.8 Å². The number of anilines is 2. The van der Waals surface area contributed by atoms with Gasteiger partial charge in [0.05, 0.1) is 23.2 Å². The van der Waals surface area contributed by atoms with Gasteiger partial charge in [-0.2, -0.15) is 0 Å². The molecule has 0 fully saturated rings. The van der Waals surface area contributed by atoms with Gasteiger partial charge >= 0.3 is 0 Å². The van der Waals surface area contributed by atoms with Crippen molar-refractivity contribution in [1.29, 1.82) is 0 Å². The molecule has 0 aliphatic rings. The van der Waals surface area contributed by atoms with Crippen molar-refractivity contribution in [2.75, 3.05) is 15.9 Å². The van der Waals surface area contributed by atoms with E-state index in [1.165, 1.54) is 6.07 Å². The van der Waals surface area contributed by atoms with Gasteiger partial charge in [0.2, 0.25) is 15.9 Å². The van der Waals surface area contributed by atoms with Crippen molar-refractivity contribution in [2.45, 2.75) is 25.9 Å². The van der Waals surface area contributed by atoms with Crippen LogP contribution in [0, 0.1) is 0 Å². The molecule has 8 nitrogen and oxygen atoms in total. The Labute approximate surface area is 204 Å². The van der Waals surface area contributed by atoms with Crippen LogP contribution in [0.15, 0.2) is 73.1 Å². The van der Waals surface area contributed by atoms with Gasteiger partial charge in [0.15, 0.2) is 0 Å². The third-order valence-electron chi connectivity index (χ3n) is 5.00. The van der Waals surface area contributed by atoms with E-state index in [-0.39, 0.29) is 35.8 Å². The number of amides is 2. The van der Waals surface area contributed by atoms with E-state index >= 15 is 0 Å². The smallest absolute Gasteiger partial charge is 0.253 e. The summed E-state index contributed by atoms with van der Waals surface area (Å²) >= 11 is 6.06. The molecule has 10 heteroatoms. The molecule has 0 spiro atoms. The fourth-order valence-corrected chi connectivity index (χ4v) is 4.85. The molecule has 0 aliphatic carbocycles. The lowest BCUT2D eigenvalue weighted by molar-refractivity contribution is -0.117. The number of hydrogen-bond acceptors (Lipinski definition) is 5. The second-order valence-corrected chi connectivity index (χ2v) is 9.84. The average Bonchev–Trinajstić information content (AvgIpc) is 2.81. The highest BCUT2D eigenvalue weighted by atomic mass is 35.5. The summed E-state index contributed by atoms with van der Waals surface area (Å²) in [6.07, 6.45) is 4.52. The summed E-state index contributed by atoms with van der Waals surface area (Å²) in [5, 5.41) is 5.87. The van der Waals surface area contributed by atoms with Crippen molar-refractivity contribution < 1.29 is 18.0 Å². The maximum absolute atomic E-state index is 13.3. The fraction of sp³-hybridized carbons (Fsp3) is 0.208. The van der Waals surface area contributed by atoms with Gasteiger partial charge in [0, 0.05) is 24.0 Å². The molecule has 178 valence electrons. The Bertz CT molecular complexity index is 1270. The third kappa shape index (κ3) is 6.33. The molecular weight excluding hydrogens is 476 g/mol. The predicted octanol–water partition coefficient (Wildman–Crippen LogP) is 3.85. The number of benzene rings is 2. The third-order valence-corrected chi connectivity index (χ3v) is 6.41. The van der Waals surface area contributed by atoms with Gasteiger partial charge in [0.25, 0.3) is 5.91 Å². The summed E-state index contributed by atoms with van der Waals surface area (Å²) in [5.74, 6) is -0.956. The molecule has 1 heterocycles. The zero-order chi connectivity index (χ0) is 24.7. The molecule has 0 radical (unpaired) electrons. The minimum absolute atomic E-state index is 0.195. The van der Waals surface area contributed by atoms with Gasteiger partial charge in [-0.1, -0.05) is 42.8 Å². The van der Waals surface area contributed by atoms with E-state index in [1.807, 2.05) is 6.07 Å². The maximum atomic E-state index is 13.3. The van der Waals surface area contributed by atoms with Crippen LogP contribution in [0.4, 0.5) is 11.4 Å². The van der Waals surface area contributed by atoms with Crippen molar-refractivity contribution in [3.63, 3.8) is 0 Å². The number of rotatable bonds is 9. The first kappa shape index (κ1) is 25.2. The number of carbonyl (C=O) groups is 2. The number of nitrogens with one attached hydrogen (secondary N) is 2. The summed E-state index contributed by atoms with van der Waals surface area (Å²) in [7, 11) is -3.82. The molecule has 0 aliphatic heterocycles. The normalized spacial score (nSPS) is 12.0. The first-order valence-corrected chi connectivity index (χ1v) is 12.7. The molecule has 2 amide bonds. The zero-order valence-corrected chi connectivity index (χ0v) is 20.3. The Morgan fingerprint density at radius 2 is 1.85 bits per heavy atom. The number of nitrogens with zero attached hydrogens (tertiary/aromatic N) is 2. The topological polar surface area (TPSA) is 108 Å². The van der Waals surface area contributed by atoms with Gasteiger partial charge in [-0.15, -0.1) is 0 Å². The van der Waals surface area contributed by atoms with Crippen LogP contribution >= 0.6 is 11.6 Å². The van der Waals surface area contributed by atoms with Gasteiger partial charge in [-0.25, -0.2) is 8.42 Å². The number of hydrogen-bond donors (Lipinski definition) is 2. The molecule has 0 bridgehead atoms. The van der Waals surface area contributed by atoms with Gasteiger partial charge in [-0.05, 0) is 48.4 Å². The van der Waals surface area contributed by atoms with Crippen LogP contribution in [0.25, 0.3) is 0 Å². The van der Waals surface area contributed by atoms with Crippen molar-refractivity contribution in [2.24, 2.45) is 0 Å². The lowest BCUT2D eigenvalue weighted by Gasteiger charge is -2.30. The highest BCUT2D eigenvalue weighted by Crippen LogP contribution is 2.26. The standard InChI is InChI=1S/C24H25ClN4O4S/c1-3-22(29(34(2,32)33)19-10-6-9-18(25)14-19)24(31)28-21-12-5-4-11-20(21)23(30)27-16-17-8-7-13-26-15-17/h4-15,22H,3,16H2,1-2H3,(H,27,30)(H,28,31)/t22-/m1/s1. The van der Waals surface area contributed by atoms with E-state index in [4.69, 9.17) is 11.6 Å². The number of halogens is 1. The Kier molecular flexibility index (Phi) is 8.25. The summed E-state index contributed by atoms with van der Waals surface area (Å²) in [4.78, 5) is 30.1. The minimum Gasteiger partial charge on any atom is -0.348 e. The molecule has 0 saturated heterocycles. The number of pyridine rings is 1. The SMILES string of the molecule is CC[C@H](C(=O)Nc1ccccc1C(=O)NCc1cccnc1)N(c1cccc(Cl)c1)S(C)(=O)=O. The van der Waals surface area contributed by atoms with Gasteiger partial charge in [-0.3, -0.25) is 18.9 Å². The van der Waals surface area contributed by atoms with E-state index in [9.17, 15) is 18.0 Å². The first-order chi connectivity index (χ1) is 16.2. The van der Waals surface area contributed by atoms with Crippen LogP contribution in [-0.4, -0.2) is 37.5 Å². The van der Waals surface area contributed by atoms with Crippen LogP contribution < -0.4 is 14.9 Å². The van der Waals surface area contributed by atoms with Crippen LogP contribution in [0.3, 0.4) is 0 Å². The number of sulfonamides is 1. The average molecular weight is 501 g/mol. The highest BCUT2D eigenvalue weighted by molar-refractivity contribution is 7.92. The summed E-state index contributed by atoms with van der Waals surface area (Å²) in [6, 6.07) is 15.4. The van der Waals surface area contributed by atoms with Gasteiger partial charge in [0.1, 0.15) is 6.04 Å². The van der Waals surface area contributed by atoms with Crippen LogP contribution in [0.5, 0.6) is 0 Å². The van der Waals surface area contributed by atoms with Crippen molar-refractivity contribution in [3.05, 3.63) is 89.2 Å². The van der Waals surface area contributed by atoms with E-state index in [0.717, 1.165) is 16.1 Å². The molecule has 1 aromatic heterocycles. The van der Waals surface area contributed by atoms with E-state index in [2.05, 4.69) is 15.6 Å². The molecule has 0 unspecified atom stereocenters. The monoisotopic (exact) mass is 500 g/mol. The Morgan fingerprint density at radius 3 is 2.50 bits per heavy atom. The molecule has 34 heavy (non-hydrogen) atoms. The lowest BCUT2D eigenvalue weighted by Crippen LogP contribution is -2.47. The summed E-state index contributed by atoms with van der Waals surface area (Å²) < 4.78 is 26.3. The molecule has 1 atom stereocenters. The lowest BCUT2D eigenvalue weighted by atomic mass is 10.1.